The molecule has 0 saturated heterocycles. The van der Waals surface area contributed by atoms with E-state index >= 15 is 0 Å². The van der Waals surface area contributed by atoms with Crippen molar-refractivity contribution in [3.8, 4) is 6.07 Å². The Kier molecular flexibility index (Phi) is 2.71. The first-order valence-corrected chi connectivity index (χ1v) is 5.38. The quantitative estimate of drug-likeness (QED) is 0.669. The second-order valence-corrected chi connectivity index (χ2v) is 4.33. The van der Waals surface area contributed by atoms with Crippen molar-refractivity contribution in [3.63, 3.8) is 0 Å². The van der Waals surface area contributed by atoms with E-state index < -0.39 is 0 Å². The number of anilines is 2. The predicted molar refractivity (Wildman–Crippen MR) is 62.9 cm³/mol. The Bertz CT molecular complexity index is 427. The fraction of sp³-hybridized carbons (Fsp3) is 0.417. The van der Waals surface area contributed by atoms with Crippen molar-refractivity contribution in [3.05, 3.63) is 23.8 Å². The largest absolute Gasteiger partial charge is 0.397 e. The van der Waals surface area contributed by atoms with Gasteiger partial charge in [0.05, 0.1) is 35.2 Å². The Labute approximate surface area is 94.7 Å². The summed E-state index contributed by atoms with van der Waals surface area (Å²) in [5, 5.41) is 21.3. The van der Waals surface area contributed by atoms with Crippen LogP contribution in [0.1, 0.15) is 24.8 Å². The number of hydrogen-bond donors (Lipinski definition) is 3. The maximum absolute atomic E-state index is 9.33. The third-order valence-electron chi connectivity index (χ3n) is 3.19. The van der Waals surface area contributed by atoms with Gasteiger partial charge in [-0.3, -0.25) is 0 Å². The highest BCUT2D eigenvalue weighted by Gasteiger charge is 2.36. The van der Waals surface area contributed by atoms with Gasteiger partial charge in [0, 0.05) is 0 Å². The summed E-state index contributed by atoms with van der Waals surface area (Å²) >= 11 is 0. The molecule has 0 bridgehead atoms. The first kappa shape index (κ1) is 10.8. The molecular weight excluding hydrogens is 202 g/mol. The number of benzene rings is 1. The van der Waals surface area contributed by atoms with Gasteiger partial charge in [0.25, 0.3) is 0 Å². The van der Waals surface area contributed by atoms with Gasteiger partial charge in [0.15, 0.2) is 0 Å². The number of hydrogen-bond acceptors (Lipinski definition) is 4. The Morgan fingerprint density at radius 2 is 2.25 bits per heavy atom. The minimum Gasteiger partial charge on any atom is -0.397 e. The van der Waals surface area contributed by atoms with Crippen LogP contribution in [0.3, 0.4) is 0 Å². The van der Waals surface area contributed by atoms with Crippen molar-refractivity contribution in [2.45, 2.75) is 24.8 Å². The fourth-order valence-electron chi connectivity index (χ4n) is 1.96. The summed E-state index contributed by atoms with van der Waals surface area (Å²) in [6.07, 6.45) is 3.05. The van der Waals surface area contributed by atoms with E-state index in [1.165, 1.54) is 0 Å². The Morgan fingerprint density at radius 1 is 1.50 bits per heavy atom. The van der Waals surface area contributed by atoms with Crippen molar-refractivity contribution in [1.29, 1.82) is 5.26 Å². The van der Waals surface area contributed by atoms with E-state index in [4.69, 9.17) is 11.0 Å². The number of aliphatic hydroxyl groups is 1. The molecule has 2 rings (SSSR count). The molecule has 1 aromatic rings. The molecule has 0 aliphatic heterocycles. The van der Waals surface area contributed by atoms with E-state index in [1.807, 2.05) is 6.07 Å². The number of rotatable bonds is 3. The van der Waals surface area contributed by atoms with Crippen LogP contribution in [0, 0.1) is 11.3 Å². The van der Waals surface area contributed by atoms with Crippen LogP contribution in [-0.2, 0) is 0 Å². The molecule has 1 aromatic carbocycles. The van der Waals surface area contributed by atoms with Gasteiger partial charge >= 0.3 is 0 Å². The van der Waals surface area contributed by atoms with Crippen molar-refractivity contribution < 1.29 is 5.11 Å². The lowest BCUT2D eigenvalue weighted by Gasteiger charge is -2.42. The molecule has 1 aliphatic carbocycles. The highest BCUT2D eigenvalue weighted by Crippen LogP contribution is 2.36. The van der Waals surface area contributed by atoms with Crippen LogP contribution in [0.5, 0.6) is 0 Å². The van der Waals surface area contributed by atoms with Crippen LogP contribution < -0.4 is 11.1 Å². The van der Waals surface area contributed by atoms with Crippen molar-refractivity contribution in [1.82, 2.24) is 0 Å². The molecule has 84 valence electrons. The molecule has 1 aliphatic rings. The lowest BCUT2D eigenvalue weighted by Crippen LogP contribution is -2.48. The number of nitrogens with zero attached hydrogens (tertiary/aromatic N) is 1. The maximum atomic E-state index is 9.33. The van der Waals surface area contributed by atoms with Crippen LogP contribution in [0.2, 0.25) is 0 Å². The van der Waals surface area contributed by atoms with E-state index in [9.17, 15) is 5.11 Å². The Morgan fingerprint density at radius 3 is 2.69 bits per heavy atom. The summed E-state index contributed by atoms with van der Waals surface area (Å²) in [6.45, 7) is 0.118. The van der Waals surface area contributed by atoms with Gasteiger partial charge in [-0.25, -0.2) is 0 Å². The SMILES string of the molecule is N#Cc1ccc(NC2(CO)CCC2)c(N)c1. The molecule has 0 amide bonds. The van der Waals surface area contributed by atoms with Gasteiger partial charge in [0.2, 0.25) is 0 Å². The van der Waals surface area contributed by atoms with Gasteiger partial charge in [-0.15, -0.1) is 0 Å². The molecule has 16 heavy (non-hydrogen) atoms. The highest BCUT2D eigenvalue weighted by molar-refractivity contribution is 5.69. The van der Waals surface area contributed by atoms with Crippen LogP contribution in [0.15, 0.2) is 18.2 Å². The average molecular weight is 217 g/mol. The molecule has 4 heteroatoms. The monoisotopic (exact) mass is 217 g/mol. The van der Waals surface area contributed by atoms with Crippen LogP contribution >= 0.6 is 0 Å². The molecule has 0 radical (unpaired) electrons. The topological polar surface area (TPSA) is 82.1 Å². The summed E-state index contributed by atoms with van der Waals surface area (Å²) in [5.74, 6) is 0. The summed E-state index contributed by atoms with van der Waals surface area (Å²) in [4.78, 5) is 0. The molecule has 1 saturated carbocycles. The van der Waals surface area contributed by atoms with Gasteiger partial charge in [-0.1, -0.05) is 0 Å². The summed E-state index contributed by atoms with van der Waals surface area (Å²) < 4.78 is 0. The minimum absolute atomic E-state index is 0.118. The minimum atomic E-state index is -0.206. The summed E-state index contributed by atoms with van der Waals surface area (Å²) in [7, 11) is 0. The first-order chi connectivity index (χ1) is 7.69. The van der Waals surface area contributed by atoms with Crippen LogP contribution in [0.25, 0.3) is 0 Å². The first-order valence-electron chi connectivity index (χ1n) is 5.38. The predicted octanol–water partition coefficient (Wildman–Crippen LogP) is 1.47. The second-order valence-electron chi connectivity index (χ2n) is 4.33. The molecule has 0 unspecified atom stereocenters. The van der Waals surface area contributed by atoms with Crippen molar-refractivity contribution >= 4 is 11.4 Å². The Hall–Kier alpha value is -1.73. The van der Waals surface area contributed by atoms with E-state index in [0.29, 0.717) is 11.3 Å². The third kappa shape index (κ3) is 1.82. The molecule has 1 fully saturated rings. The lowest BCUT2D eigenvalue weighted by molar-refractivity contribution is 0.144. The van der Waals surface area contributed by atoms with Gasteiger partial charge in [0.1, 0.15) is 0 Å². The number of nitrogens with two attached hydrogens (primary N) is 1. The zero-order chi connectivity index (χ0) is 11.6. The molecular formula is C12H15N3O. The maximum Gasteiger partial charge on any atom is 0.0992 e. The van der Waals surface area contributed by atoms with Crippen molar-refractivity contribution in [2.75, 3.05) is 17.7 Å². The number of nitrogens with one attached hydrogen (secondary N) is 1. The molecule has 4 nitrogen and oxygen atoms in total. The number of aliphatic hydroxyl groups excluding tert-OH is 1. The zero-order valence-electron chi connectivity index (χ0n) is 9.03. The fourth-order valence-corrected chi connectivity index (χ4v) is 1.96. The molecule has 0 heterocycles. The van der Waals surface area contributed by atoms with Crippen molar-refractivity contribution in [2.24, 2.45) is 0 Å². The Balaban J connectivity index is 2.19. The summed E-state index contributed by atoms with van der Waals surface area (Å²) in [5.41, 5.74) is 7.54. The van der Waals surface area contributed by atoms with E-state index in [0.717, 1.165) is 24.9 Å². The van der Waals surface area contributed by atoms with Crippen LogP contribution in [0.4, 0.5) is 11.4 Å². The molecule has 4 N–H and O–H groups in total. The molecule has 0 atom stereocenters. The van der Waals surface area contributed by atoms with Gasteiger partial charge in [-0.05, 0) is 37.5 Å². The van der Waals surface area contributed by atoms with Crippen LogP contribution in [-0.4, -0.2) is 17.3 Å². The standard InChI is InChI=1S/C12H15N3O/c13-7-9-2-3-11(10(14)6-9)15-12(8-16)4-1-5-12/h2-3,6,15-16H,1,4-5,8,14H2. The zero-order valence-corrected chi connectivity index (χ0v) is 9.03. The second kappa shape index (κ2) is 4.03. The lowest BCUT2D eigenvalue weighted by atomic mass is 9.77. The number of nitrogen functional groups attached to an aromatic ring is 1. The van der Waals surface area contributed by atoms with E-state index in [1.54, 1.807) is 18.2 Å². The third-order valence-corrected chi connectivity index (χ3v) is 3.19. The van der Waals surface area contributed by atoms with Gasteiger partial charge in [-0.2, -0.15) is 5.26 Å². The summed E-state index contributed by atoms with van der Waals surface area (Å²) in [6, 6.07) is 7.21. The average Bonchev–Trinajstić information content (AvgIpc) is 2.25. The van der Waals surface area contributed by atoms with Gasteiger partial charge < -0.3 is 16.2 Å². The molecule has 0 aromatic heterocycles. The van der Waals surface area contributed by atoms with E-state index in [2.05, 4.69) is 5.32 Å². The normalized spacial score (nSPS) is 17.2. The number of nitriles is 1. The van der Waals surface area contributed by atoms with E-state index in [-0.39, 0.29) is 12.1 Å². The molecule has 0 spiro atoms. The smallest absolute Gasteiger partial charge is 0.0992 e. The highest BCUT2D eigenvalue weighted by atomic mass is 16.3.